The molecule has 0 saturated carbocycles. The Bertz CT molecular complexity index is 1520. The molecule has 11 nitrogen and oxygen atoms in total. The van der Waals surface area contributed by atoms with Gasteiger partial charge in [-0.15, -0.1) is 0 Å². The topological polar surface area (TPSA) is 149 Å². The standard InChI is InChI=1S/C24H30ClF2N2O9P/c1-22(2,3)12-7-13(23(4,5)6)17-11(15(12)26)9-35-39(34,38-17)36-10-24(27)18(31)16(30)20(37-24)29-8-14(25)19(32)28-21(29)33/h7-8,16,18,20,30-31H,9-10H2,1-6H3,(H,28,32,33)/t16-,18+,20-,24-,39?/m1/s1/i20D. The van der Waals surface area contributed by atoms with Gasteiger partial charge >= 0.3 is 13.5 Å². The van der Waals surface area contributed by atoms with Crippen LogP contribution in [0.3, 0.4) is 0 Å². The van der Waals surface area contributed by atoms with Crippen LogP contribution in [0.2, 0.25) is 5.02 Å². The number of nitrogens with zero attached hydrogens (tertiary/aromatic N) is 1. The van der Waals surface area contributed by atoms with Gasteiger partial charge in [-0.1, -0.05) is 53.1 Å². The molecule has 1 aromatic heterocycles. The first-order valence-corrected chi connectivity index (χ1v) is 13.7. The lowest BCUT2D eigenvalue weighted by molar-refractivity contribution is -0.205. The molecule has 0 amide bonds. The number of hydrogen-bond acceptors (Lipinski definition) is 9. The Hall–Kier alpha value is -2.12. The Morgan fingerprint density at radius 1 is 1.26 bits per heavy atom. The van der Waals surface area contributed by atoms with Gasteiger partial charge in [0.15, 0.2) is 6.20 Å². The summed E-state index contributed by atoms with van der Waals surface area (Å²) in [5.41, 5.74) is -2.65. The summed E-state index contributed by atoms with van der Waals surface area (Å²) in [6.07, 6.45) is -7.32. The summed E-state index contributed by atoms with van der Waals surface area (Å²) in [6.45, 7) is 9.01. The van der Waals surface area contributed by atoms with E-state index in [9.17, 15) is 24.4 Å². The number of benzene rings is 1. The van der Waals surface area contributed by atoms with Crippen LogP contribution in [0.1, 0.15) is 65.8 Å². The monoisotopic (exact) mass is 595 g/mol. The molecule has 3 heterocycles. The van der Waals surface area contributed by atoms with Crippen molar-refractivity contribution in [1.82, 2.24) is 9.55 Å². The molecule has 1 aromatic carbocycles. The first-order valence-electron chi connectivity index (χ1n) is 12.4. The van der Waals surface area contributed by atoms with Crippen LogP contribution in [-0.4, -0.2) is 44.4 Å². The van der Waals surface area contributed by atoms with E-state index in [0.717, 1.165) is 0 Å². The molecule has 4 rings (SSSR count). The summed E-state index contributed by atoms with van der Waals surface area (Å²) in [5.74, 6) is -4.15. The van der Waals surface area contributed by atoms with Gasteiger partial charge in [0.05, 0.1) is 13.5 Å². The average molecular weight is 596 g/mol. The fourth-order valence-electron chi connectivity index (χ4n) is 4.13. The Kier molecular flexibility index (Phi) is 7.11. The van der Waals surface area contributed by atoms with Crippen molar-refractivity contribution >= 4 is 19.4 Å². The van der Waals surface area contributed by atoms with Crippen LogP contribution in [0.4, 0.5) is 8.78 Å². The minimum Gasteiger partial charge on any atom is -0.403 e. The van der Waals surface area contributed by atoms with Crippen LogP contribution in [-0.2, 0) is 35.8 Å². The highest BCUT2D eigenvalue weighted by atomic mass is 35.5. The minimum absolute atomic E-state index is 0.00513. The highest BCUT2D eigenvalue weighted by Gasteiger charge is 2.58. The third-order valence-corrected chi connectivity index (χ3v) is 7.88. The van der Waals surface area contributed by atoms with E-state index in [0.29, 0.717) is 17.3 Å². The van der Waals surface area contributed by atoms with Crippen LogP contribution in [0.25, 0.3) is 0 Å². The molecular weight excluding hydrogens is 565 g/mol. The van der Waals surface area contributed by atoms with E-state index in [1.807, 2.05) is 41.5 Å². The van der Waals surface area contributed by atoms with Gasteiger partial charge in [0.1, 0.15) is 35.4 Å². The maximum Gasteiger partial charge on any atom is 0.530 e. The molecule has 2 aliphatic rings. The first kappa shape index (κ1) is 28.4. The van der Waals surface area contributed by atoms with Crippen molar-refractivity contribution in [3.8, 4) is 5.75 Å². The molecule has 5 atom stereocenters. The van der Waals surface area contributed by atoms with Crippen molar-refractivity contribution in [3.05, 3.63) is 60.6 Å². The second-order valence-electron chi connectivity index (χ2n) is 11.4. The molecule has 0 aliphatic carbocycles. The molecule has 216 valence electrons. The number of aromatic amines is 1. The van der Waals surface area contributed by atoms with Gasteiger partial charge in [0.2, 0.25) is 0 Å². The summed E-state index contributed by atoms with van der Waals surface area (Å²) in [5, 5.41) is 20.3. The maximum absolute atomic E-state index is 15.8. The lowest BCUT2D eigenvalue weighted by atomic mass is 9.78. The molecule has 2 aliphatic heterocycles. The van der Waals surface area contributed by atoms with Crippen molar-refractivity contribution in [1.29, 1.82) is 0 Å². The van der Waals surface area contributed by atoms with Gasteiger partial charge in [-0.05, 0) is 22.5 Å². The van der Waals surface area contributed by atoms with Gasteiger partial charge in [-0.2, -0.15) is 0 Å². The highest BCUT2D eigenvalue weighted by molar-refractivity contribution is 7.49. The molecule has 2 aromatic rings. The van der Waals surface area contributed by atoms with E-state index < -0.39 is 78.2 Å². The summed E-state index contributed by atoms with van der Waals surface area (Å²) < 4.78 is 74.1. The Labute approximate surface area is 228 Å². The second kappa shape index (κ2) is 9.76. The normalized spacial score (nSPS) is 31.5. The van der Waals surface area contributed by atoms with E-state index in [4.69, 9.17) is 31.3 Å². The van der Waals surface area contributed by atoms with Gasteiger partial charge < -0.3 is 19.5 Å². The van der Waals surface area contributed by atoms with Crippen molar-refractivity contribution in [2.45, 2.75) is 83.2 Å². The van der Waals surface area contributed by atoms with E-state index in [2.05, 4.69) is 0 Å². The second-order valence-corrected chi connectivity index (χ2v) is 13.4. The highest BCUT2D eigenvalue weighted by Crippen LogP contribution is 2.58. The molecule has 1 fully saturated rings. The summed E-state index contributed by atoms with van der Waals surface area (Å²) >= 11 is 5.69. The largest absolute Gasteiger partial charge is 0.530 e. The molecule has 3 N–H and O–H groups in total. The number of phosphoric acid groups is 1. The number of H-pyrrole nitrogens is 1. The zero-order valence-corrected chi connectivity index (χ0v) is 23.7. The zero-order valence-electron chi connectivity index (χ0n) is 23.0. The number of aliphatic hydroxyl groups excluding tert-OH is 2. The number of aliphatic hydroxyl groups is 2. The predicted molar refractivity (Wildman–Crippen MR) is 135 cm³/mol. The fourth-order valence-corrected chi connectivity index (χ4v) is 5.51. The van der Waals surface area contributed by atoms with Crippen LogP contribution >= 0.6 is 19.4 Å². The molecule has 0 radical (unpaired) electrons. The quantitative estimate of drug-likeness (QED) is 0.451. The predicted octanol–water partition coefficient (Wildman–Crippen LogP) is 3.57. The number of hydrogen-bond donors (Lipinski definition) is 3. The Balaban J connectivity index is 1.65. The molecular formula is C24H30ClF2N2O9P. The van der Waals surface area contributed by atoms with Crippen molar-refractivity contribution < 1.29 is 43.2 Å². The van der Waals surface area contributed by atoms with E-state index >= 15 is 8.78 Å². The number of halogens is 3. The van der Waals surface area contributed by atoms with Crippen molar-refractivity contribution in [2.75, 3.05) is 6.61 Å². The SMILES string of the molecule is [2H][C@@]1(n2cc(Cl)c(=O)[nH]c2=O)O[C@](F)(COP2(=O)OCc3c(F)c(C(C)(C)C)cc(C(C)(C)C)c3O2)[C@@H](O)[C@H]1O. The molecule has 1 unspecified atom stereocenters. The van der Waals surface area contributed by atoms with Crippen LogP contribution in [0.5, 0.6) is 5.75 Å². The van der Waals surface area contributed by atoms with Gasteiger partial charge in [0.25, 0.3) is 11.4 Å². The number of fused-ring (bicyclic) bond motifs is 1. The fraction of sp³-hybridized carbons (Fsp3) is 0.583. The van der Waals surface area contributed by atoms with E-state index in [1.54, 1.807) is 11.1 Å². The molecule has 39 heavy (non-hydrogen) atoms. The summed E-state index contributed by atoms with van der Waals surface area (Å²) in [4.78, 5) is 25.6. The van der Waals surface area contributed by atoms with E-state index in [1.165, 1.54) is 0 Å². The van der Waals surface area contributed by atoms with Gasteiger partial charge in [-0.3, -0.25) is 23.4 Å². The number of phosphoric ester groups is 1. The lowest BCUT2D eigenvalue weighted by Crippen LogP contribution is -2.43. The summed E-state index contributed by atoms with van der Waals surface area (Å²) in [6, 6.07) is 1.60. The summed E-state index contributed by atoms with van der Waals surface area (Å²) in [7, 11) is -4.67. The average Bonchev–Trinajstić information content (AvgIpc) is 2.99. The van der Waals surface area contributed by atoms with Gasteiger partial charge in [-0.25, -0.2) is 18.1 Å². The number of aromatic nitrogens is 2. The Morgan fingerprint density at radius 3 is 2.46 bits per heavy atom. The number of ether oxygens (including phenoxy) is 1. The zero-order chi connectivity index (χ0) is 30.2. The van der Waals surface area contributed by atoms with Crippen molar-refractivity contribution in [3.63, 3.8) is 0 Å². The third-order valence-electron chi connectivity index (χ3n) is 6.32. The number of alkyl halides is 1. The Morgan fingerprint density at radius 2 is 1.87 bits per heavy atom. The maximum atomic E-state index is 15.8. The van der Waals surface area contributed by atoms with Crippen LogP contribution in [0.15, 0.2) is 21.9 Å². The molecule has 0 spiro atoms. The number of nitrogens with one attached hydrogen (secondary N) is 1. The third kappa shape index (κ3) is 5.46. The minimum atomic E-state index is -4.67. The lowest BCUT2D eigenvalue weighted by Gasteiger charge is -2.34. The van der Waals surface area contributed by atoms with Crippen LogP contribution < -0.4 is 15.8 Å². The van der Waals surface area contributed by atoms with Crippen LogP contribution in [0, 0.1) is 5.82 Å². The first-order chi connectivity index (χ1) is 18.1. The number of rotatable bonds is 4. The molecule has 15 heteroatoms. The molecule has 0 bridgehead atoms. The van der Waals surface area contributed by atoms with Crippen molar-refractivity contribution in [2.24, 2.45) is 0 Å². The molecule has 1 saturated heterocycles. The smallest absolute Gasteiger partial charge is 0.403 e. The van der Waals surface area contributed by atoms with E-state index in [-0.39, 0.29) is 15.9 Å². The van der Waals surface area contributed by atoms with Gasteiger partial charge in [0, 0.05) is 11.8 Å².